The van der Waals surface area contributed by atoms with Crippen molar-refractivity contribution in [3.63, 3.8) is 0 Å². The van der Waals surface area contributed by atoms with Crippen LogP contribution in [-0.4, -0.2) is 32.2 Å². The number of nitrogens with zero attached hydrogens (tertiary/aromatic N) is 1. The van der Waals surface area contributed by atoms with Crippen molar-refractivity contribution in [2.45, 2.75) is 37.5 Å². The van der Waals surface area contributed by atoms with Crippen LogP contribution in [0.3, 0.4) is 0 Å². The van der Waals surface area contributed by atoms with Crippen LogP contribution in [-0.2, 0) is 9.53 Å². The Labute approximate surface area is 110 Å². The molecule has 0 bridgehead atoms. The minimum absolute atomic E-state index is 0.221. The predicted octanol–water partition coefficient (Wildman–Crippen LogP) is 1.59. The zero-order chi connectivity index (χ0) is 13.6. The van der Waals surface area contributed by atoms with Gasteiger partial charge >= 0.3 is 5.97 Å². The van der Waals surface area contributed by atoms with E-state index in [0.717, 1.165) is 5.56 Å². The van der Waals surface area contributed by atoms with Gasteiger partial charge in [-0.05, 0) is 38.3 Å². The fourth-order valence-electron chi connectivity index (χ4n) is 2.17. The Bertz CT molecular complexity index is 454. The molecule has 1 aliphatic rings. The van der Waals surface area contributed by atoms with E-state index in [1.165, 1.54) is 0 Å². The van der Waals surface area contributed by atoms with Gasteiger partial charge in [0, 0.05) is 12.4 Å². The van der Waals surface area contributed by atoms with Crippen molar-refractivity contribution in [2.24, 2.45) is 5.92 Å². The fraction of sp³-hybridized carbons (Fsp3) is 0.538. The highest BCUT2D eigenvalue weighted by molar-refractivity contribution is 6.45. The first-order valence-electron chi connectivity index (χ1n) is 5.94. The van der Waals surface area contributed by atoms with Gasteiger partial charge in [0.15, 0.2) is 0 Å². The second-order valence-electron chi connectivity index (χ2n) is 5.78. The fourth-order valence-corrected chi connectivity index (χ4v) is 2.17. The second-order valence-corrected chi connectivity index (χ2v) is 5.78. The zero-order valence-corrected chi connectivity index (χ0v) is 10.9. The molecule has 90 valence electrons. The lowest BCUT2D eigenvalue weighted by Crippen LogP contribution is -2.26. The summed E-state index contributed by atoms with van der Waals surface area (Å²) < 4.78 is 5.33. The molecule has 0 N–H and O–H groups in total. The van der Waals surface area contributed by atoms with Gasteiger partial charge in [-0.25, -0.2) is 0 Å². The summed E-state index contributed by atoms with van der Waals surface area (Å²) in [4.78, 5) is 16.0. The second kappa shape index (κ2) is 4.15. The van der Waals surface area contributed by atoms with Crippen LogP contribution in [0.5, 0.6) is 0 Å². The molecule has 1 aromatic heterocycles. The molecule has 1 aromatic rings. The molecule has 2 unspecified atom stereocenters. The van der Waals surface area contributed by atoms with E-state index in [0.29, 0.717) is 0 Å². The molecule has 2 atom stereocenters. The van der Waals surface area contributed by atoms with Crippen LogP contribution in [0.2, 0.25) is 5.21 Å². The minimum atomic E-state index is -1.04. The summed E-state index contributed by atoms with van der Waals surface area (Å²) in [5, 5.41) is -1.04. The first-order valence-corrected chi connectivity index (χ1v) is 5.94. The molecule has 3 nitrogen and oxygen atoms in total. The van der Waals surface area contributed by atoms with Gasteiger partial charge in [0.05, 0.1) is 21.6 Å². The first-order chi connectivity index (χ1) is 8.23. The third kappa shape index (κ3) is 2.45. The number of esters is 1. The van der Waals surface area contributed by atoms with E-state index in [1.807, 2.05) is 26.8 Å². The van der Waals surface area contributed by atoms with Gasteiger partial charge < -0.3 is 4.74 Å². The summed E-state index contributed by atoms with van der Waals surface area (Å²) in [5.74, 6) is -1.07. The van der Waals surface area contributed by atoms with E-state index in [2.05, 4.69) is 4.98 Å². The number of hydrogen-bond acceptors (Lipinski definition) is 3. The van der Waals surface area contributed by atoms with E-state index >= 15 is 0 Å². The van der Waals surface area contributed by atoms with Crippen molar-refractivity contribution in [1.29, 1.82) is 0 Å². The topological polar surface area (TPSA) is 39.2 Å². The highest BCUT2D eigenvalue weighted by Gasteiger charge is 2.62. The third-order valence-corrected chi connectivity index (χ3v) is 3.01. The number of carbonyl (C=O) groups is 1. The van der Waals surface area contributed by atoms with Gasteiger partial charge in [-0.1, -0.05) is 11.3 Å². The van der Waals surface area contributed by atoms with E-state index in [4.69, 9.17) is 20.4 Å². The number of hydrogen-bond donors (Lipinski definition) is 0. The molecular formula is C13H15B2NO2. The molecule has 0 aromatic carbocycles. The molecule has 5 heteroatoms. The summed E-state index contributed by atoms with van der Waals surface area (Å²) in [6, 6.07) is 3.67. The molecule has 4 radical (unpaired) electrons. The van der Waals surface area contributed by atoms with E-state index in [-0.39, 0.29) is 11.9 Å². The highest BCUT2D eigenvalue weighted by Crippen LogP contribution is 2.67. The maximum absolute atomic E-state index is 12.0. The SMILES string of the molecule is [B]C1([B])C(C(=O)OC(C)(C)C)C1c1cccnc1. The third-order valence-electron chi connectivity index (χ3n) is 3.01. The molecule has 2 rings (SSSR count). The number of aromatic nitrogens is 1. The highest BCUT2D eigenvalue weighted by atomic mass is 16.6. The van der Waals surface area contributed by atoms with Crippen LogP contribution < -0.4 is 0 Å². The molecule has 0 amide bonds. The van der Waals surface area contributed by atoms with Gasteiger partial charge in [0.2, 0.25) is 0 Å². The van der Waals surface area contributed by atoms with Crippen LogP contribution in [0.15, 0.2) is 24.5 Å². The molecule has 0 saturated heterocycles. The van der Waals surface area contributed by atoms with Gasteiger partial charge in [-0.15, -0.1) is 0 Å². The van der Waals surface area contributed by atoms with Gasteiger partial charge in [-0.2, -0.15) is 0 Å². The summed E-state index contributed by atoms with van der Waals surface area (Å²) in [5.41, 5.74) is 0.341. The standard InChI is InChI=1S/C13H15B2NO2/c1-12(2,3)18-11(17)10-9(13(10,14)15)8-5-4-6-16-7-8/h4-7,9-10H,1-3H3. The van der Waals surface area contributed by atoms with Crippen LogP contribution in [0, 0.1) is 5.92 Å². The average molecular weight is 239 g/mol. The van der Waals surface area contributed by atoms with Crippen LogP contribution in [0.25, 0.3) is 0 Å². The largest absolute Gasteiger partial charge is 0.460 e. The van der Waals surface area contributed by atoms with Crippen LogP contribution >= 0.6 is 0 Å². The van der Waals surface area contributed by atoms with Crippen molar-refractivity contribution in [3.8, 4) is 0 Å². The average Bonchev–Trinajstić information content (AvgIpc) is 2.80. The van der Waals surface area contributed by atoms with Gasteiger partial charge in [0.25, 0.3) is 0 Å². The number of pyridine rings is 1. The summed E-state index contributed by atoms with van der Waals surface area (Å²) in [7, 11) is 11.9. The summed E-state index contributed by atoms with van der Waals surface area (Å²) in [6.07, 6.45) is 3.35. The predicted molar refractivity (Wildman–Crippen MR) is 70.5 cm³/mol. The Morgan fingerprint density at radius 1 is 1.44 bits per heavy atom. The van der Waals surface area contributed by atoms with Gasteiger partial charge in [0.1, 0.15) is 5.60 Å². The lowest BCUT2D eigenvalue weighted by atomic mass is 9.63. The lowest BCUT2D eigenvalue weighted by molar-refractivity contribution is -0.156. The van der Waals surface area contributed by atoms with Crippen molar-refractivity contribution >= 4 is 21.7 Å². The number of carbonyl (C=O) groups excluding carboxylic acids is 1. The molecule has 1 saturated carbocycles. The van der Waals surface area contributed by atoms with Crippen LogP contribution in [0.4, 0.5) is 0 Å². The zero-order valence-electron chi connectivity index (χ0n) is 10.9. The quantitative estimate of drug-likeness (QED) is 0.581. The molecule has 1 heterocycles. The summed E-state index contributed by atoms with van der Waals surface area (Å²) in [6.45, 7) is 5.46. The van der Waals surface area contributed by atoms with E-state index < -0.39 is 16.7 Å². The monoisotopic (exact) mass is 239 g/mol. The molecule has 0 spiro atoms. The number of ether oxygens (including phenoxy) is 1. The van der Waals surface area contributed by atoms with Gasteiger partial charge in [-0.3, -0.25) is 9.78 Å². The molecule has 0 aliphatic heterocycles. The first kappa shape index (κ1) is 13.2. The summed E-state index contributed by atoms with van der Waals surface area (Å²) >= 11 is 0. The van der Waals surface area contributed by atoms with Crippen molar-refractivity contribution in [2.75, 3.05) is 0 Å². The Hall–Kier alpha value is -1.25. The van der Waals surface area contributed by atoms with E-state index in [1.54, 1.807) is 18.5 Å². The molecule has 1 fully saturated rings. The molecule has 1 aliphatic carbocycles. The molecular weight excluding hydrogens is 224 g/mol. The Balaban J connectivity index is 2.15. The maximum Gasteiger partial charge on any atom is 0.309 e. The van der Waals surface area contributed by atoms with Crippen molar-refractivity contribution in [3.05, 3.63) is 30.1 Å². The Morgan fingerprint density at radius 2 is 2.11 bits per heavy atom. The van der Waals surface area contributed by atoms with Crippen molar-refractivity contribution < 1.29 is 9.53 Å². The normalized spacial score (nSPS) is 25.5. The minimum Gasteiger partial charge on any atom is -0.460 e. The Morgan fingerprint density at radius 3 is 2.61 bits per heavy atom. The smallest absolute Gasteiger partial charge is 0.309 e. The lowest BCUT2D eigenvalue weighted by Gasteiger charge is -2.20. The van der Waals surface area contributed by atoms with Crippen LogP contribution in [0.1, 0.15) is 32.3 Å². The Kier molecular flexibility index (Phi) is 3.04. The maximum atomic E-state index is 12.0. The van der Waals surface area contributed by atoms with Crippen molar-refractivity contribution in [1.82, 2.24) is 4.98 Å². The molecule has 18 heavy (non-hydrogen) atoms. The van der Waals surface area contributed by atoms with E-state index in [9.17, 15) is 4.79 Å². The number of rotatable bonds is 2.